The van der Waals surface area contributed by atoms with Gasteiger partial charge in [0.15, 0.2) is 11.5 Å². The van der Waals surface area contributed by atoms with Crippen LogP contribution in [0.25, 0.3) is 0 Å². The van der Waals surface area contributed by atoms with Crippen molar-refractivity contribution in [3.63, 3.8) is 0 Å². The number of nitrogens with zero attached hydrogens (tertiary/aromatic N) is 2. The second-order valence-electron chi connectivity index (χ2n) is 7.91. The van der Waals surface area contributed by atoms with Crippen LogP contribution >= 0.6 is 0 Å². The van der Waals surface area contributed by atoms with E-state index >= 15 is 0 Å². The monoisotopic (exact) mass is 400 g/mol. The van der Waals surface area contributed by atoms with E-state index in [4.69, 9.17) is 19.4 Å². The van der Waals surface area contributed by atoms with E-state index in [-0.39, 0.29) is 29.8 Å². The summed E-state index contributed by atoms with van der Waals surface area (Å²) in [7, 11) is 3.12. The Morgan fingerprint density at radius 2 is 1.83 bits per heavy atom. The third kappa shape index (κ3) is 2.33. The van der Waals surface area contributed by atoms with Gasteiger partial charge in [-0.1, -0.05) is 5.16 Å². The number of oxime groups is 1. The van der Waals surface area contributed by atoms with Gasteiger partial charge in [0.1, 0.15) is 12.6 Å². The second kappa shape index (κ2) is 6.20. The molecule has 1 aromatic carbocycles. The van der Waals surface area contributed by atoms with Crippen molar-refractivity contribution in [2.24, 2.45) is 34.7 Å². The van der Waals surface area contributed by atoms with E-state index in [0.29, 0.717) is 17.9 Å². The number of likely N-dealkylation sites (tertiary alicyclic amines) is 1. The maximum Gasteiger partial charge on any atom is 0.323 e. The number of imide groups is 1. The number of hydrogen-bond donors (Lipinski definition) is 1. The lowest BCUT2D eigenvalue weighted by molar-refractivity contribution is -0.150. The zero-order chi connectivity index (χ0) is 20.4. The number of amides is 2. The molecule has 5 rings (SSSR count). The highest BCUT2D eigenvalue weighted by atomic mass is 16.6. The standard InChI is InChI=1S/C20H20N2O7/c1-27-11-4-3-8(5-12(11)28-2)17-16-9-6-10(18(16)29-21-17)15-14(9)19(25)22(20(15)26)7-13(23)24/h3-5,9-10,14-16,18H,6-7H2,1-2H3,(H,23,24)/t9-,10+,14+,15-,16+,18+/m1/s1. The molecule has 2 amide bonds. The molecule has 2 aliphatic carbocycles. The Morgan fingerprint density at radius 3 is 2.48 bits per heavy atom. The van der Waals surface area contributed by atoms with Crippen molar-refractivity contribution in [3.8, 4) is 11.5 Å². The summed E-state index contributed by atoms with van der Waals surface area (Å²) in [5.41, 5.74) is 1.55. The molecule has 0 unspecified atom stereocenters. The first-order valence-electron chi connectivity index (χ1n) is 9.49. The molecule has 2 bridgehead atoms. The fourth-order valence-corrected chi connectivity index (χ4v) is 5.71. The molecule has 152 valence electrons. The number of ether oxygens (including phenoxy) is 2. The normalized spacial score (nSPS) is 34.0. The van der Waals surface area contributed by atoms with Gasteiger partial charge in [-0.2, -0.15) is 0 Å². The number of fused-ring (bicyclic) bond motifs is 8. The molecule has 1 N–H and O–H groups in total. The maximum absolute atomic E-state index is 12.9. The van der Waals surface area contributed by atoms with Crippen LogP contribution in [0.15, 0.2) is 23.4 Å². The van der Waals surface area contributed by atoms with E-state index in [0.717, 1.165) is 16.2 Å². The number of methoxy groups -OCH3 is 2. The van der Waals surface area contributed by atoms with Crippen molar-refractivity contribution in [3.05, 3.63) is 23.8 Å². The third-order valence-electron chi connectivity index (χ3n) is 6.75. The van der Waals surface area contributed by atoms with Gasteiger partial charge in [0, 0.05) is 17.4 Å². The van der Waals surface area contributed by atoms with E-state index < -0.39 is 30.3 Å². The molecule has 2 heterocycles. The smallest absolute Gasteiger partial charge is 0.323 e. The van der Waals surface area contributed by atoms with Gasteiger partial charge in [0.25, 0.3) is 0 Å². The SMILES string of the molecule is COc1ccc(C2=NO[C@H]3[C@H]4C[C@@H]([C@@H]23)[C@@H]2C(=O)N(CC(=O)O)C(=O)[C@H]42)cc1OC. The number of carboxylic acid groups (broad SMARTS) is 1. The molecule has 2 aliphatic heterocycles. The molecule has 4 aliphatic rings. The lowest BCUT2D eigenvalue weighted by Crippen LogP contribution is -2.41. The van der Waals surface area contributed by atoms with E-state index in [1.54, 1.807) is 20.3 Å². The van der Waals surface area contributed by atoms with Crippen LogP contribution in [-0.4, -0.2) is 60.4 Å². The molecule has 2 saturated carbocycles. The van der Waals surface area contributed by atoms with Gasteiger partial charge in [-0.15, -0.1) is 0 Å². The predicted molar refractivity (Wildman–Crippen MR) is 97.4 cm³/mol. The Balaban J connectivity index is 1.46. The second-order valence-corrected chi connectivity index (χ2v) is 7.91. The summed E-state index contributed by atoms with van der Waals surface area (Å²) in [6.07, 6.45) is 0.431. The van der Waals surface area contributed by atoms with Crippen LogP contribution in [0, 0.1) is 29.6 Å². The summed E-state index contributed by atoms with van der Waals surface area (Å²) in [5, 5.41) is 13.3. The maximum atomic E-state index is 12.9. The van der Waals surface area contributed by atoms with Gasteiger partial charge in [-0.05, 0) is 30.5 Å². The summed E-state index contributed by atoms with van der Waals surface area (Å²) in [5.74, 6) is -2.15. The number of carboxylic acids is 1. The molecule has 0 aromatic heterocycles. The number of aliphatic carboxylic acids is 1. The number of hydrogen-bond acceptors (Lipinski definition) is 7. The molecule has 1 aromatic rings. The van der Waals surface area contributed by atoms with Crippen LogP contribution in [0.5, 0.6) is 11.5 Å². The molecular weight excluding hydrogens is 380 g/mol. The molecule has 29 heavy (non-hydrogen) atoms. The zero-order valence-corrected chi connectivity index (χ0v) is 15.9. The molecule has 3 fully saturated rings. The Morgan fingerprint density at radius 1 is 1.14 bits per heavy atom. The fourth-order valence-electron chi connectivity index (χ4n) is 5.71. The van der Waals surface area contributed by atoms with Crippen LogP contribution in [0.1, 0.15) is 12.0 Å². The highest BCUT2D eigenvalue weighted by molar-refractivity contribution is 6.10. The number of carbonyl (C=O) groups is 3. The fraction of sp³-hybridized carbons (Fsp3) is 0.500. The van der Waals surface area contributed by atoms with Crippen molar-refractivity contribution in [2.75, 3.05) is 20.8 Å². The minimum absolute atomic E-state index is 0.0976. The summed E-state index contributed by atoms with van der Waals surface area (Å²) < 4.78 is 10.7. The van der Waals surface area contributed by atoms with Crippen molar-refractivity contribution < 1.29 is 33.8 Å². The van der Waals surface area contributed by atoms with Gasteiger partial charge >= 0.3 is 5.97 Å². The third-order valence-corrected chi connectivity index (χ3v) is 6.75. The van der Waals surface area contributed by atoms with Crippen molar-refractivity contribution >= 4 is 23.5 Å². The quantitative estimate of drug-likeness (QED) is 0.726. The lowest BCUT2D eigenvalue weighted by atomic mass is 9.71. The van der Waals surface area contributed by atoms with E-state index in [9.17, 15) is 14.4 Å². The van der Waals surface area contributed by atoms with E-state index in [1.807, 2.05) is 12.1 Å². The average molecular weight is 400 g/mol. The topological polar surface area (TPSA) is 115 Å². The summed E-state index contributed by atoms with van der Waals surface area (Å²) in [4.78, 5) is 43.3. The number of carbonyl (C=O) groups excluding carboxylic acids is 2. The first-order valence-corrected chi connectivity index (χ1v) is 9.49. The Labute approximate surface area is 166 Å². The molecule has 0 radical (unpaired) electrons. The Bertz CT molecular complexity index is 958. The highest BCUT2D eigenvalue weighted by Crippen LogP contribution is 2.61. The predicted octanol–water partition coefficient (Wildman–Crippen LogP) is 0.758. The molecule has 0 spiro atoms. The van der Waals surface area contributed by atoms with Gasteiger partial charge in [-0.25, -0.2) is 0 Å². The molecule has 6 atom stereocenters. The number of rotatable bonds is 5. The van der Waals surface area contributed by atoms with Crippen LogP contribution in [0.4, 0.5) is 0 Å². The lowest BCUT2D eigenvalue weighted by Gasteiger charge is -2.30. The minimum Gasteiger partial charge on any atom is -0.493 e. The Kier molecular flexibility index (Phi) is 3.84. The van der Waals surface area contributed by atoms with Crippen molar-refractivity contribution in [1.82, 2.24) is 4.90 Å². The minimum atomic E-state index is -1.19. The van der Waals surface area contributed by atoms with Gasteiger partial charge in [-0.3, -0.25) is 19.3 Å². The number of benzene rings is 1. The largest absolute Gasteiger partial charge is 0.493 e. The zero-order valence-electron chi connectivity index (χ0n) is 15.9. The molecule has 9 nitrogen and oxygen atoms in total. The van der Waals surface area contributed by atoms with Gasteiger partial charge in [0.2, 0.25) is 11.8 Å². The van der Waals surface area contributed by atoms with Crippen LogP contribution in [-0.2, 0) is 19.2 Å². The highest BCUT2D eigenvalue weighted by Gasteiger charge is 2.70. The molecule has 1 saturated heterocycles. The first kappa shape index (κ1) is 18.0. The molecule has 9 heteroatoms. The van der Waals surface area contributed by atoms with Gasteiger partial charge < -0.3 is 19.4 Å². The average Bonchev–Trinajstić information content (AvgIpc) is 3.44. The Hall–Kier alpha value is -3.10. The molecular formula is C20H20N2O7. The summed E-state index contributed by atoms with van der Waals surface area (Å²) >= 11 is 0. The van der Waals surface area contributed by atoms with Crippen LogP contribution in [0.3, 0.4) is 0 Å². The van der Waals surface area contributed by atoms with E-state index in [2.05, 4.69) is 5.16 Å². The van der Waals surface area contributed by atoms with Crippen molar-refractivity contribution in [2.45, 2.75) is 12.5 Å². The van der Waals surface area contributed by atoms with E-state index in [1.165, 1.54) is 0 Å². The summed E-state index contributed by atoms with van der Waals surface area (Å²) in [6, 6.07) is 5.48. The first-order chi connectivity index (χ1) is 14.0. The summed E-state index contributed by atoms with van der Waals surface area (Å²) in [6.45, 7) is -0.586. The van der Waals surface area contributed by atoms with Crippen molar-refractivity contribution in [1.29, 1.82) is 0 Å². The van der Waals surface area contributed by atoms with Crippen LogP contribution < -0.4 is 9.47 Å². The van der Waals surface area contributed by atoms with Gasteiger partial charge in [0.05, 0.1) is 31.8 Å². The van der Waals surface area contributed by atoms with Crippen LogP contribution in [0.2, 0.25) is 0 Å².